The molecule has 6 nitrogen and oxygen atoms in total. The van der Waals surface area contributed by atoms with Gasteiger partial charge in [-0.1, -0.05) is 6.07 Å². The zero-order valence-corrected chi connectivity index (χ0v) is 14.6. The fourth-order valence-corrected chi connectivity index (χ4v) is 3.33. The molecule has 1 fully saturated rings. The highest BCUT2D eigenvalue weighted by molar-refractivity contribution is 5.93. The molecule has 1 aliphatic rings. The van der Waals surface area contributed by atoms with Crippen molar-refractivity contribution >= 4 is 17.5 Å². The van der Waals surface area contributed by atoms with E-state index in [-0.39, 0.29) is 17.6 Å². The summed E-state index contributed by atoms with van der Waals surface area (Å²) in [6.07, 6.45) is 6.51. The molecule has 3 heterocycles. The average Bonchev–Trinajstić information content (AvgIpc) is 3.23. The topological polar surface area (TPSA) is 71.3 Å². The molecule has 4 rings (SSSR count). The van der Waals surface area contributed by atoms with Gasteiger partial charge >= 0.3 is 0 Å². The predicted octanol–water partition coefficient (Wildman–Crippen LogP) is 3.97. The Bertz CT molecular complexity index is 929. The van der Waals surface area contributed by atoms with Crippen LogP contribution in [0, 0.1) is 5.82 Å². The number of rotatable bonds is 4. The summed E-state index contributed by atoms with van der Waals surface area (Å²) in [5.41, 5.74) is 2.02. The Kier molecular flexibility index (Phi) is 4.82. The molecule has 0 spiro atoms. The van der Waals surface area contributed by atoms with E-state index in [2.05, 4.69) is 15.3 Å². The second-order valence-electron chi connectivity index (χ2n) is 6.54. The van der Waals surface area contributed by atoms with Crippen molar-refractivity contribution in [2.24, 2.45) is 0 Å². The Balaban J connectivity index is 1.48. The lowest BCUT2D eigenvalue weighted by molar-refractivity contribution is 0.0705. The monoisotopic (exact) mass is 366 g/mol. The SMILES string of the molecule is O=C(c1ccoc1)N1CCC[C@H](c2ccnc(Nc3cccc(F)c3)n2)C1. The number of piperidine rings is 1. The van der Waals surface area contributed by atoms with Crippen LogP contribution in [0.4, 0.5) is 16.0 Å². The molecule has 0 aliphatic carbocycles. The molecule has 0 saturated carbocycles. The highest BCUT2D eigenvalue weighted by Gasteiger charge is 2.27. The molecule has 27 heavy (non-hydrogen) atoms. The van der Waals surface area contributed by atoms with Gasteiger partial charge in [0.1, 0.15) is 12.1 Å². The molecule has 1 aliphatic heterocycles. The van der Waals surface area contributed by atoms with Gasteiger partial charge in [-0.25, -0.2) is 14.4 Å². The molecule has 0 bridgehead atoms. The second-order valence-corrected chi connectivity index (χ2v) is 6.54. The fourth-order valence-electron chi connectivity index (χ4n) is 3.33. The minimum absolute atomic E-state index is 0.0272. The summed E-state index contributed by atoms with van der Waals surface area (Å²) in [4.78, 5) is 23.2. The second kappa shape index (κ2) is 7.57. The van der Waals surface area contributed by atoms with Crippen LogP contribution in [0.2, 0.25) is 0 Å². The standard InChI is InChI=1S/C20H19FN4O2/c21-16-4-1-5-17(11-16)23-20-22-8-6-18(24-20)14-3-2-9-25(12-14)19(26)15-7-10-27-13-15/h1,4-8,10-11,13-14H,2-3,9,12H2,(H,22,23,24)/t14-/m0/s1. The van der Waals surface area contributed by atoms with E-state index in [1.165, 1.54) is 24.7 Å². The number of anilines is 2. The Labute approximate surface area is 156 Å². The molecule has 3 aromatic rings. The third-order valence-electron chi connectivity index (χ3n) is 4.65. The Morgan fingerprint density at radius 3 is 3.04 bits per heavy atom. The molecular weight excluding hydrogens is 347 g/mol. The summed E-state index contributed by atoms with van der Waals surface area (Å²) >= 11 is 0. The van der Waals surface area contributed by atoms with Crippen molar-refractivity contribution in [1.82, 2.24) is 14.9 Å². The summed E-state index contributed by atoms with van der Waals surface area (Å²) in [5.74, 6) is 0.194. The molecule has 0 unspecified atom stereocenters. The molecule has 7 heteroatoms. The lowest BCUT2D eigenvalue weighted by Crippen LogP contribution is -2.39. The van der Waals surface area contributed by atoms with Crippen LogP contribution < -0.4 is 5.32 Å². The maximum absolute atomic E-state index is 13.4. The molecule has 138 valence electrons. The Morgan fingerprint density at radius 2 is 2.22 bits per heavy atom. The molecule has 1 saturated heterocycles. The van der Waals surface area contributed by atoms with Crippen LogP contribution in [-0.2, 0) is 0 Å². The number of hydrogen-bond donors (Lipinski definition) is 1. The van der Waals surface area contributed by atoms with E-state index in [1.807, 2.05) is 11.0 Å². The van der Waals surface area contributed by atoms with E-state index in [4.69, 9.17) is 4.42 Å². The van der Waals surface area contributed by atoms with Crippen molar-refractivity contribution in [2.75, 3.05) is 18.4 Å². The first kappa shape index (κ1) is 17.2. The number of benzene rings is 1. The van der Waals surface area contributed by atoms with Gasteiger partial charge in [-0.3, -0.25) is 4.79 Å². The molecule has 0 radical (unpaired) electrons. The Morgan fingerprint density at radius 1 is 1.30 bits per heavy atom. The van der Waals surface area contributed by atoms with Gasteiger partial charge in [-0.2, -0.15) is 0 Å². The predicted molar refractivity (Wildman–Crippen MR) is 98.3 cm³/mol. The van der Waals surface area contributed by atoms with Crippen molar-refractivity contribution in [2.45, 2.75) is 18.8 Å². The first-order valence-electron chi connectivity index (χ1n) is 8.86. The first-order chi connectivity index (χ1) is 13.2. The van der Waals surface area contributed by atoms with Crippen molar-refractivity contribution in [3.8, 4) is 0 Å². The van der Waals surface area contributed by atoms with Gasteiger partial charge in [-0.15, -0.1) is 0 Å². The number of likely N-dealkylation sites (tertiary alicyclic amines) is 1. The van der Waals surface area contributed by atoms with Crippen LogP contribution in [0.3, 0.4) is 0 Å². The van der Waals surface area contributed by atoms with Gasteiger partial charge < -0.3 is 14.6 Å². The highest BCUT2D eigenvalue weighted by Crippen LogP contribution is 2.27. The smallest absolute Gasteiger partial charge is 0.257 e. The summed E-state index contributed by atoms with van der Waals surface area (Å²) in [7, 11) is 0. The van der Waals surface area contributed by atoms with Crippen LogP contribution in [-0.4, -0.2) is 33.9 Å². The van der Waals surface area contributed by atoms with Gasteiger partial charge in [0, 0.05) is 30.9 Å². The van der Waals surface area contributed by atoms with Gasteiger partial charge in [0.15, 0.2) is 0 Å². The number of nitrogens with zero attached hydrogens (tertiary/aromatic N) is 3. The van der Waals surface area contributed by atoms with Gasteiger partial charge in [0.05, 0.1) is 17.5 Å². The maximum Gasteiger partial charge on any atom is 0.257 e. The number of amides is 1. The minimum Gasteiger partial charge on any atom is -0.472 e. The molecule has 2 aromatic heterocycles. The molecule has 1 aromatic carbocycles. The van der Waals surface area contributed by atoms with Gasteiger partial charge in [-0.05, 0) is 43.2 Å². The summed E-state index contributed by atoms with van der Waals surface area (Å²) in [5, 5.41) is 3.03. The van der Waals surface area contributed by atoms with Gasteiger partial charge in [0.2, 0.25) is 5.95 Å². The van der Waals surface area contributed by atoms with E-state index < -0.39 is 0 Å². The zero-order valence-electron chi connectivity index (χ0n) is 14.6. The van der Waals surface area contributed by atoms with Crippen molar-refractivity contribution < 1.29 is 13.6 Å². The van der Waals surface area contributed by atoms with E-state index in [1.54, 1.807) is 24.4 Å². The third kappa shape index (κ3) is 3.97. The number of nitrogens with one attached hydrogen (secondary N) is 1. The number of hydrogen-bond acceptors (Lipinski definition) is 5. The minimum atomic E-state index is -0.322. The van der Waals surface area contributed by atoms with Crippen molar-refractivity contribution in [1.29, 1.82) is 0 Å². The van der Waals surface area contributed by atoms with Gasteiger partial charge in [0.25, 0.3) is 5.91 Å². The van der Waals surface area contributed by atoms with Crippen LogP contribution in [0.5, 0.6) is 0 Å². The van der Waals surface area contributed by atoms with Crippen molar-refractivity contribution in [3.63, 3.8) is 0 Å². The lowest BCUT2D eigenvalue weighted by atomic mass is 9.94. The number of carbonyl (C=O) groups is 1. The van der Waals surface area contributed by atoms with E-state index in [0.29, 0.717) is 23.7 Å². The van der Waals surface area contributed by atoms with E-state index in [0.717, 1.165) is 25.1 Å². The fraction of sp³-hybridized carbons (Fsp3) is 0.250. The average molecular weight is 366 g/mol. The number of furan rings is 1. The third-order valence-corrected chi connectivity index (χ3v) is 4.65. The zero-order chi connectivity index (χ0) is 18.6. The molecule has 1 atom stereocenters. The number of halogens is 1. The molecule has 1 N–H and O–H groups in total. The quantitative estimate of drug-likeness (QED) is 0.756. The number of carbonyl (C=O) groups excluding carboxylic acids is 1. The molecular formula is C20H19FN4O2. The van der Waals surface area contributed by atoms with Crippen LogP contribution in [0.15, 0.2) is 59.5 Å². The summed E-state index contributed by atoms with van der Waals surface area (Å²) < 4.78 is 18.4. The van der Waals surface area contributed by atoms with Crippen LogP contribution >= 0.6 is 0 Å². The number of aromatic nitrogens is 2. The van der Waals surface area contributed by atoms with E-state index in [9.17, 15) is 9.18 Å². The maximum atomic E-state index is 13.4. The largest absolute Gasteiger partial charge is 0.472 e. The van der Waals surface area contributed by atoms with E-state index >= 15 is 0 Å². The van der Waals surface area contributed by atoms with Crippen molar-refractivity contribution in [3.05, 3.63) is 72.2 Å². The van der Waals surface area contributed by atoms with Crippen LogP contribution in [0.1, 0.15) is 34.8 Å². The first-order valence-corrected chi connectivity index (χ1v) is 8.86. The highest BCUT2D eigenvalue weighted by atomic mass is 19.1. The normalized spacial score (nSPS) is 16.9. The lowest BCUT2D eigenvalue weighted by Gasteiger charge is -2.32. The van der Waals surface area contributed by atoms with Crippen LogP contribution in [0.25, 0.3) is 0 Å². The summed E-state index contributed by atoms with van der Waals surface area (Å²) in [6.45, 7) is 1.32. The molecule has 1 amide bonds. The summed E-state index contributed by atoms with van der Waals surface area (Å²) in [6, 6.07) is 9.70. The Hall–Kier alpha value is -3.22.